The predicted octanol–water partition coefficient (Wildman–Crippen LogP) is 6.17. The Kier molecular flexibility index (Phi) is 8.14. The molecule has 0 saturated heterocycles. The third-order valence-corrected chi connectivity index (χ3v) is 5.72. The number of hydrogen-bond acceptors (Lipinski definition) is 4. The van der Waals surface area contributed by atoms with Gasteiger partial charge in [-0.1, -0.05) is 49.6 Å². The Labute approximate surface area is 192 Å². The molecule has 3 N–H and O–H groups in total. The highest BCUT2D eigenvalue weighted by Gasteiger charge is 2.37. The number of allylic oxidation sites excluding steroid dienone is 2. The number of alkyl halides is 3. The lowest BCUT2D eigenvalue weighted by molar-refractivity contribution is -0.135. The van der Waals surface area contributed by atoms with Gasteiger partial charge in [0.2, 0.25) is 5.91 Å². The number of carbonyl (C=O) groups is 1. The van der Waals surface area contributed by atoms with Crippen molar-refractivity contribution in [1.82, 2.24) is 4.90 Å². The average molecular weight is 459 g/mol. The van der Waals surface area contributed by atoms with Crippen LogP contribution in [0, 0.1) is 11.3 Å². The van der Waals surface area contributed by atoms with Crippen molar-refractivity contribution in [3.63, 3.8) is 0 Å². The number of halogens is 3. The summed E-state index contributed by atoms with van der Waals surface area (Å²) in [7, 11) is 1.78. The summed E-state index contributed by atoms with van der Waals surface area (Å²) in [5, 5.41) is 12.6. The van der Waals surface area contributed by atoms with Crippen molar-refractivity contribution >= 4 is 23.5 Å². The predicted molar refractivity (Wildman–Crippen MR) is 125 cm³/mol. The van der Waals surface area contributed by atoms with E-state index in [1.54, 1.807) is 54.4 Å². The van der Waals surface area contributed by atoms with Crippen molar-refractivity contribution < 1.29 is 18.0 Å². The number of hydrogen-bond donors (Lipinski definition) is 3. The zero-order valence-electron chi connectivity index (χ0n) is 18.6. The van der Waals surface area contributed by atoms with Crippen molar-refractivity contribution in [2.45, 2.75) is 44.8 Å². The van der Waals surface area contributed by atoms with Gasteiger partial charge in [0.15, 0.2) is 0 Å². The minimum Gasteiger partial charge on any atom is -0.353 e. The Hall–Kier alpha value is -3.29. The Morgan fingerprint density at radius 3 is 2.18 bits per heavy atom. The van der Waals surface area contributed by atoms with E-state index in [4.69, 9.17) is 5.41 Å². The highest BCUT2D eigenvalue weighted by Crippen LogP contribution is 2.30. The number of nitrogens with zero attached hydrogens (tertiary/aromatic N) is 1. The minimum absolute atomic E-state index is 0.0860. The number of benzene rings is 2. The maximum Gasteiger partial charge on any atom is 0.433 e. The molecule has 0 radical (unpaired) electrons. The summed E-state index contributed by atoms with van der Waals surface area (Å²) in [5.41, 5.74) is 0.113. The molecule has 0 unspecified atom stereocenters. The normalized spacial score (nSPS) is 15.4. The van der Waals surface area contributed by atoms with Crippen molar-refractivity contribution in [3.05, 3.63) is 71.6 Å². The van der Waals surface area contributed by atoms with Gasteiger partial charge in [-0.15, -0.1) is 0 Å². The summed E-state index contributed by atoms with van der Waals surface area (Å²) in [4.78, 5) is 14.4. The molecule has 2 aromatic carbocycles. The molecule has 8 heteroatoms. The number of para-hydroxylation sites is 1. The second-order valence-electron chi connectivity index (χ2n) is 8.27. The molecule has 5 nitrogen and oxygen atoms in total. The fraction of sp³-hybridized carbons (Fsp3) is 0.360. The lowest BCUT2D eigenvalue weighted by Gasteiger charge is -2.26. The van der Waals surface area contributed by atoms with E-state index in [1.807, 2.05) is 0 Å². The van der Waals surface area contributed by atoms with Crippen molar-refractivity contribution in [2.75, 3.05) is 17.7 Å². The molecule has 1 saturated carbocycles. The third kappa shape index (κ3) is 6.84. The molecule has 1 amide bonds. The first kappa shape index (κ1) is 24.4. The summed E-state index contributed by atoms with van der Waals surface area (Å²) < 4.78 is 41.0. The van der Waals surface area contributed by atoms with E-state index in [9.17, 15) is 18.0 Å². The summed E-state index contributed by atoms with van der Waals surface area (Å²) in [6, 6.07) is 14.8. The van der Waals surface area contributed by atoms with Crippen LogP contribution in [0.15, 0.2) is 66.0 Å². The number of carbonyl (C=O) groups excluding carboxylic acids is 1. The molecular weight excluding hydrogens is 429 g/mol. The molecule has 0 aromatic heterocycles. The lowest BCUT2D eigenvalue weighted by atomic mass is 9.88. The number of nitrogens with one attached hydrogen (secondary N) is 3. The SMILES string of the molecule is CN(Cc1ccc(N/C(C=N)=C(/Nc2ccccc2)C(F)(F)F)cc1)C(=O)C1CCCCC1. The Morgan fingerprint density at radius 2 is 1.61 bits per heavy atom. The zero-order chi connectivity index (χ0) is 23.8. The first-order chi connectivity index (χ1) is 15.8. The van der Waals surface area contributed by atoms with Gasteiger partial charge in [-0.3, -0.25) is 4.79 Å². The van der Waals surface area contributed by atoms with E-state index < -0.39 is 17.6 Å². The summed E-state index contributed by atoms with van der Waals surface area (Å²) in [5.74, 6) is 0.232. The number of amides is 1. The van der Waals surface area contributed by atoms with Gasteiger partial charge in [0.05, 0.1) is 5.70 Å². The highest BCUT2D eigenvalue weighted by atomic mass is 19.4. The second-order valence-corrected chi connectivity index (χ2v) is 8.27. The minimum atomic E-state index is -4.68. The van der Waals surface area contributed by atoms with Crippen LogP contribution in [0.1, 0.15) is 37.7 Å². The van der Waals surface area contributed by atoms with E-state index in [0.717, 1.165) is 31.2 Å². The Balaban J connectivity index is 1.70. The molecule has 176 valence electrons. The fourth-order valence-electron chi connectivity index (χ4n) is 3.99. The largest absolute Gasteiger partial charge is 0.433 e. The molecule has 1 fully saturated rings. The third-order valence-electron chi connectivity index (χ3n) is 5.72. The van der Waals surface area contributed by atoms with Crippen LogP contribution in [-0.2, 0) is 11.3 Å². The van der Waals surface area contributed by atoms with Gasteiger partial charge in [0.25, 0.3) is 0 Å². The van der Waals surface area contributed by atoms with Crippen LogP contribution in [0.4, 0.5) is 24.5 Å². The van der Waals surface area contributed by atoms with Crippen LogP contribution in [-0.4, -0.2) is 30.2 Å². The van der Waals surface area contributed by atoms with Gasteiger partial charge < -0.3 is 20.9 Å². The second kappa shape index (κ2) is 11.0. The first-order valence-corrected chi connectivity index (χ1v) is 11.0. The van der Waals surface area contributed by atoms with Crippen LogP contribution < -0.4 is 10.6 Å². The van der Waals surface area contributed by atoms with E-state index in [-0.39, 0.29) is 17.5 Å². The van der Waals surface area contributed by atoms with Gasteiger partial charge in [-0.25, -0.2) is 0 Å². The topological polar surface area (TPSA) is 68.2 Å². The standard InChI is InChI=1S/C25H29F3N4O/c1-32(24(33)19-8-4-2-5-9-19)17-18-12-14-21(15-13-18)30-22(16-29)23(25(26,27)28)31-20-10-6-3-7-11-20/h3,6-7,10-16,19,29-31H,2,4-5,8-9,17H2,1H3/b23-22+,29-16?. The van der Waals surface area contributed by atoms with Gasteiger partial charge in [-0.05, 0) is 42.7 Å². The molecular formula is C25H29F3N4O. The Morgan fingerprint density at radius 1 is 1.00 bits per heavy atom. The summed E-state index contributed by atoms with van der Waals surface area (Å²) >= 11 is 0. The molecule has 1 aliphatic rings. The fourth-order valence-corrected chi connectivity index (χ4v) is 3.99. The molecule has 33 heavy (non-hydrogen) atoms. The van der Waals surface area contributed by atoms with Crippen molar-refractivity contribution in [2.24, 2.45) is 5.92 Å². The number of anilines is 2. The average Bonchev–Trinajstić information content (AvgIpc) is 2.82. The van der Waals surface area contributed by atoms with Gasteiger partial charge in [0.1, 0.15) is 5.70 Å². The van der Waals surface area contributed by atoms with Gasteiger partial charge in [0, 0.05) is 37.1 Å². The van der Waals surface area contributed by atoms with Crippen molar-refractivity contribution in [1.29, 1.82) is 5.41 Å². The lowest BCUT2D eigenvalue weighted by Crippen LogP contribution is -2.33. The smallest absolute Gasteiger partial charge is 0.353 e. The maximum atomic E-state index is 13.7. The summed E-state index contributed by atoms with van der Waals surface area (Å²) in [6.07, 6.45) is 1.19. The molecule has 0 heterocycles. The molecule has 3 rings (SSSR count). The van der Waals surface area contributed by atoms with E-state index >= 15 is 0 Å². The Bertz CT molecular complexity index is 965. The van der Waals surface area contributed by atoms with Gasteiger partial charge >= 0.3 is 6.18 Å². The molecule has 0 aliphatic heterocycles. The first-order valence-electron chi connectivity index (χ1n) is 11.0. The molecule has 0 spiro atoms. The molecule has 1 aliphatic carbocycles. The van der Waals surface area contributed by atoms with E-state index in [2.05, 4.69) is 10.6 Å². The summed E-state index contributed by atoms with van der Waals surface area (Å²) in [6.45, 7) is 0.437. The number of rotatable bonds is 8. The molecule has 2 aromatic rings. The van der Waals surface area contributed by atoms with Gasteiger partial charge in [-0.2, -0.15) is 13.2 Å². The quantitative estimate of drug-likeness (QED) is 0.414. The van der Waals surface area contributed by atoms with Crippen LogP contribution in [0.5, 0.6) is 0 Å². The highest BCUT2D eigenvalue weighted by molar-refractivity contribution is 5.83. The molecule has 0 atom stereocenters. The maximum absolute atomic E-state index is 13.7. The monoisotopic (exact) mass is 458 g/mol. The van der Waals surface area contributed by atoms with E-state index in [1.165, 1.54) is 18.6 Å². The van der Waals surface area contributed by atoms with E-state index in [0.29, 0.717) is 18.4 Å². The van der Waals surface area contributed by atoms with Crippen molar-refractivity contribution in [3.8, 4) is 0 Å². The van der Waals surface area contributed by atoms with Crippen LogP contribution in [0.2, 0.25) is 0 Å². The van der Waals surface area contributed by atoms with Crippen LogP contribution in [0.3, 0.4) is 0 Å². The van der Waals surface area contributed by atoms with Crippen LogP contribution >= 0.6 is 0 Å². The van der Waals surface area contributed by atoms with Crippen LogP contribution in [0.25, 0.3) is 0 Å². The zero-order valence-corrected chi connectivity index (χ0v) is 18.6. The molecule has 0 bridgehead atoms.